The van der Waals surface area contributed by atoms with E-state index in [1.54, 1.807) is 36.3 Å². The summed E-state index contributed by atoms with van der Waals surface area (Å²) in [6.07, 6.45) is 4.29. The van der Waals surface area contributed by atoms with Crippen molar-refractivity contribution in [1.82, 2.24) is 19.7 Å². The van der Waals surface area contributed by atoms with Crippen molar-refractivity contribution in [1.29, 1.82) is 0 Å². The Hall–Kier alpha value is -4.70. The van der Waals surface area contributed by atoms with E-state index in [1.807, 2.05) is 55.5 Å². The van der Waals surface area contributed by atoms with Gasteiger partial charge in [-0.1, -0.05) is 36.4 Å². The molecule has 0 unspecified atom stereocenters. The van der Waals surface area contributed by atoms with Gasteiger partial charge in [-0.25, -0.2) is 4.68 Å². The van der Waals surface area contributed by atoms with Gasteiger partial charge in [0.25, 0.3) is 5.91 Å². The molecular weight excluding hydrogens is 496 g/mol. The van der Waals surface area contributed by atoms with Gasteiger partial charge in [0.1, 0.15) is 12.6 Å². The van der Waals surface area contributed by atoms with Crippen molar-refractivity contribution < 1.29 is 19.4 Å². The number of ether oxygens (including phenoxy) is 2. The third-order valence-electron chi connectivity index (χ3n) is 6.36. The van der Waals surface area contributed by atoms with Gasteiger partial charge < -0.3 is 25.2 Å². The number of nitrogens with one attached hydrogen (secondary N) is 2. The Labute approximate surface area is 226 Å². The van der Waals surface area contributed by atoms with E-state index >= 15 is 0 Å². The van der Waals surface area contributed by atoms with Crippen LogP contribution < -0.4 is 20.1 Å². The van der Waals surface area contributed by atoms with Gasteiger partial charge in [0.05, 0.1) is 24.6 Å². The Morgan fingerprint density at radius 3 is 2.72 bits per heavy atom. The summed E-state index contributed by atoms with van der Waals surface area (Å²) < 4.78 is 13.5. The smallest absolute Gasteiger partial charge is 0.255 e. The Morgan fingerprint density at radius 1 is 1.13 bits per heavy atom. The molecule has 3 N–H and O–H groups in total. The molecule has 2 aromatic carbocycles. The number of anilines is 2. The number of allylic oxidation sites excluding steroid dienone is 1. The SMILES string of the molecule is COc1cc([C@H]2C(C(=O)Nc3cccnc3)=C(C)Nc3nc(CCCO)nn32)ccc1OCc1ccccc1. The lowest BCUT2D eigenvalue weighted by molar-refractivity contribution is -0.113. The van der Waals surface area contributed by atoms with Gasteiger partial charge in [0.15, 0.2) is 17.3 Å². The molecule has 2 aromatic heterocycles. The molecule has 0 radical (unpaired) electrons. The first-order chi connectivity index (χ1) is 19.1. The maximum Gasteiger partial charge on any atom is 0.255 e. The first kappa shape index (κ1) is 25.9. The molecule has 200 valence electrons. The number of fused-ring (bicyclic) bond motifs is 1. The van der Waals surface area contributed by atoms with Gasteiger partial charge in [-0.2, -0.15) is 10.1 Å². The molecule has 0 saturated carbocycles. The van der Waals surface area contributed by atoms with Crippen LogP contribution in [0.15, 0.2) is 84.3 Å². The highest BCUT2D eigenvalue weighted by Gasteiger charge is 2.35. The van der Waals surface area contributed by atoms with Gasteiger partial charge in [0.2, 0.25) is 5.95 Å². The normalized spacial score (nSPS) is 14.4. The van der Waals surface area contributed by atoms with Crippen molar-refractivity contribution in [2.45, 2.75) is 32.4 Å². The van der Waals surface area contributed by atoms with E-state index in [0.29, 0.717) is 59.7 Å². The number of methoxy groups -OCH3 is 1. The number of benzene rings is 2. The lowest BCUT2D eigenvalue weighted by Gasteiger charge is -2.29. The number of nitrogens with zero attached hydrogens (tertiary/aromatic N) is 4. The number of hydrogen-bond acceptors (Lipinski definition) is 8. The number of hydrogen-bond donors (Lipinski definition) is 3. The van der Waals surface area contributed by atoms with Crippen LogP contribution in [-0.2, 0) is 17.8 Å². The number of pyridine rings is 1. The number of carbonyl (C=O) groups is 1. The second-order valence-corrected chi connectivity index (χ2v) is 9.07. The molecule has 0 fully saturated rings. The molecule has 0 bridgehead atoms. The van der Waals surface area contributed by atoms with Gasteiger partial charge in [-0.3, -0.25) is 9.78 Å². The highest BCUT2D eigenvalue weighted by molar-refractivity contribution is 6.05. The highest BCUT2D eigenvalue weighted by Crippen LogP contribution is 2.39. The lowest BCUT2D eigenvalue weighted by atomic mass is 9.94. The van der Waals surface area contributed by atoms with Crippen molar-refractivity contribution in [2.75, 3.05) is 24.4 Å². The minimum Gasteiger partial charge on any atom is -0.493 e. The van der Waals surface area contributed by atoms with E-state index in [1.165, 1.54) is 0 Å². The minimum atomic E-state index is -0.592. The molecule has 1 aliphatic heterocycles. The summed E-state index contributed by atoms with van der Waals surface area (Å²) in [5.41, 5.74) is 3.52. The number of carbonyl (C=O) groups excluding carboxylic acids is 1. The van der Waals surface area contributed by atoms with E-state index in [-0.39, 0.29) is 12.5 Å². The summed E-state index contributed by atoms with van der Waals surface area (Å²) in [7, 11) is 1.59. The standard InChI is InChI=1S/C29H30N6O4/c1-19-26(28(37)32-22-10-6-14-30-17-22)27(35-29(31-19)33-25(34-35)11-7-15-36)21-12-13-23(24(16-21)38-2)39-18-20-8-4-3-5-9-20/h3-6,8-10,12-14,16-17,27,36H,7,11,15,18H2,1-2H3,(H,32,37)(H,31,33,34)/t27-/m0/s1. The van der Waals surface area contributed by atoms with Crippen LogP contribution >= 0.6 is 0 Å². The quantitative estimate of drug-likeness (QED) is 0.282. The van der Waals surface area contributed by atoms with Crippen LogP contribution in [0.5, 0.6) is 11.5 Å². The van der Waals surface area contributed by atoms with Crippen molar-refractivity contribution in [2.24, 2.45) is 0 Å². The van der Waals surface area contributed by atoms with Crippen LogP contribution in [0.3, 0.4) is 0 Å². The fourth-order valence-corrected chi connectivity index (χ4v) is 4.48. The molecule has 39 heavy (non-hydrogen) atoms. The molecule has 0 spiro atoms. The Morgan fingerprint density at radius 2 is 1.97 bits per heavy atom. The first-order valence-corrected chi connectivity index (χ1v) is 12.7. The van der Waals surface area contributed by atoms with Crippen LogP contribution in [0, 0.1) is 0 Å². The fourth-order valence-electron chi connectivity index (χ4n) is 4.48. The molecule has 10 heteroatoms. The summed E-state index contributed by atoms with van der Waals surface area (Å²) in [5.74, 6) is 1.93. The number of amides is 1. The van der Waals surface area contributed by atoms with Crippen molar-refractivity contribution in [3.8, 4) is 11.5 Å². The monoisotopic (exact) mass is 526 g/mol. The number of aliphatic hydroxyl groups excluding tert-OH is 1. The molecule has 0 aliphatic carbocycles. The maximum absolute atomic E-state index is 13.6. The zero-order chi connectivity index (χ0) is 27.2. The zero-order valence-electron chi connectivity index (χ0n) is 21.8. The largest absolute Gasteiger partial charge is 0.493 e. The second kappa shape index (κ2) is 11.8. The van der Waals surface area contributed by atoms with E-state index in [0.717, 1.165) is 11.1 Å². The predicted octanol–water partition coefficient (Wildman–Crippen LogP) is 4.11. The van der Waals surface area contributed by atoms with Gasteiger partial charge in [-0.15, -0.1) is 0 Å². The van der Waals surface area contributed by atoms with Gasteiger partial charge in [0, 0.05) is 24.9 Å². The molecule has 5 rings (SSSR count). The first-order valence-electron chi connectivity index (χ1n) is 12.7. The second-order valence-electron chi connectivity index (χ2n) is 9.07. The third-order valence-corrected chi connectivity index (χ3v) is 6.36. The molecule has 3 heterocycles. The zero-order valence-corrected chi connectivity index (χ0v) is 21.8. The summed E-state index contributed by atoms with van der Waals surface area (Å²) in [5, 5.41) is 20.2. The molecular formula is C29H30N6O4. The lowest BCUT2D eigenvalue weighted by Crippen LogP contribution is -2.31. The summed E-state index contributed by atoms with van der Waals surface area (Å²) >= 11 is 0. The van der Waals surface area contributed by atoms with Crippen LogP contribution in [-0.4, -0.2) is 44.5 Å². The summed E-state index contributed by atoms with van der Waals surface area (Å²) in [6.45, 7) is 2.27. The van der Waals surface area contributed by atoms with Gasteiger partial charge in [-0.05, 0) is 48.7 Å². The number of aryl methyl sites for hydroxylation is 1. The average Bonchev–Trinajstić information content (AvgIpc) is 3.37. The number of aromatic nitrogens is 4. The summed E-state index contributed by atoms with van der Waals surface area (Å²) in [6, 6.07) is 18.4. The van der Waals surface area contributed by atoms with Crippen LogP contribution in [0.2, 0.25) is 0 Å². The fraction of sp³-hybridized carbons (Fsp3) is 0.241. The van der Waals surface area contributed by atoms with Crippen molar-refractivity contribution >= 4 is 17.5 Å². The van der Waals surface area contributed by atoms with Crippen molar-refractivity contribution in [3.63, 3.8) is 0 Å². The van der Waals surface area contributed by atoms with E-state index < -0.39 is 6.04 Å². The van der Waals surface area contributed by atoms with E-state index in [2.05, 4.69) is 20.6 Å². The topological polar surface area (TPSA) is 123 Å². The molecule has 4 aromatic rings. The Kier molecular flexibility index (Phi) is 7.83. The molecule has 10 nitrogen and oxygen atoms in total. The molecule has 0 saturated heterocycles. The van der Waals surface area contributed by atoms with Gasteiger partial charge >= 0.3 is 0 Å². The maximum atomic E-state index is 13.6. The molecule has 1 amide bonds. The van der Waals surface area contributed by atoms with Crippen LogP contribution in [0.4, 0.5) is 11.6 Å². The molecule has 1 aliphatic rings. The van der Waals surface area contributed by atoms with E-state index in [9.17, 15) is 9.90 Å². The van der Waals surface area contributed by atoms with Crippen molar-refractivity contribution in [3.05, 3.63) is 101 Å². The van der Waals surface area contributed by atoms with E-state index in [4.69, 9.17) is 14.6 Å². The Balaban J connectivity index is 1.51. The summed E-state index contributed by atoms with van der Waals surface area (Å²) in [4.78, 5) is 22.4. The van der Waals surface area contributed by atoms with Crippen LogP contribution in [0.1, 0.15) is 36.3 Å². The number of aliphatic hydroxyl groups is 1. The highest BCUT2D eigenvalue weighted by atomic mass is 16.5. The average molecular weight is 527 g/mol. The van der Waals surface area contributed by atoms with Crippen LogP contribution in [0.25, 0.3) is 0 Å². The minimum absolute atomic E-state index is 0.0401. The predicted molar refractivity (Wildman–Crippen MR) is 147 cm³/mol. The number of rotatable bonds is 10. The Bertz CT molecular complexity index is 1470. The molecule has 1 atom stereocenters. The third kappa shape index (κ3) is 5.75.